The van der Waals surface area contributed by atoms with Crippen LogP contribution in [0.3, 0.4) is 0 Å². The number of amides is 18. The maximum atomic E-state index is 14.8. The zero-order valence-corrected chi connectivity index (χ0v) is 79.2. The van der Waals surface area contributed by atoms with Gasteiger partial charge in [-0.05, 0) is 162 Å². The molecule has 1 heterocycles. The van der Waals surface area contributed by atoms with Crippen LogP contribution in [0.1, 0.15) is 211 Å². The van der Waals surface area contributed by atoms with Gasteiger partial charge in [0.05, 0.1) is 44.4 Å². The normalized spacial score (nSPS) is 16.9. The van der Waals surface area contributed by atoms with E-state index in [4.69, 9.17) is 28.0 Å². The summed E-state index contributed by atoms with van der Waals surface area (Å²) in [5.41, 5.74) is 22.5. The predicted octanol–water partition coefficient (Wildman–Crippen LogP) is -9.70. The molecule has 1 aliphatic heterocycles. The van der Waals surface area contributed by atoms with Crippen LogP contribution in [-0.2, 0) is 110 Å². The van der Waals surface area contributed by atoms with Crippen molar-refractivity contribution in [1.29, 1.82) is 0 Å². The van der Waals surface area contributed by atoms with E-state index >= 15 is 0 Å². The molecule has 1 aliphatic rings. The number of nitrogens with two attached hydrogens (primary N) is 4. The van der Waals surface area contributed by atoms with Crippen molar-refractivity contribution in [2.45, 2.75) is 326 Å². The Balaban J connectivity index is 3.29. The molecule has 1 saturated heterocycles. The van der Waals surface area contributed by atoms with E-state index in [2.05, 4.69) is 90.4 Å². The Kier molecular flexibility index (Phi) is 57.0. The zero-order chi connectivity index (χ0) is 104. The van der Waals surface area contributed by atoms with Gasteiger partial charge in [-0.2, -0.15) is 0 Å². The smallest absolute Gasteiger partial charge is 0.326 e. The van der Waals surface area contributed by atoms with Gasteiger partial charge in [-0.25, -0.2) is 4.79 Å². The number of aliphatic hydroxyl groups is 3. The third-order valence-corrected chi connectivity index (χ3v) is 22.6. The summed E-state index contributed by atoms with van der Waals surface area (Å²) >= 11 is 0. The number of carbonyl (C=O) groups excluding carboxylic acids is 18. The van der Waals surface area contributed by atoms with Crippen molar-refractivity contribution >= 4 is 136 Å². The van der Waals surface area contributed by atoms with Gasteiger partial charge in [0.2, 0.25) is 106 Å². The molecule has 0 aromatic rings. The monoisotopic (exact) mass is 1960 g/mol. The largest absolute Gasteiger partial charge is 0.481 e. The first-order valence-electron chi connectivity index (χ1n) is 45.6. The number of nitrogens with zero attached hydrogens (tertiary/aromatic N) is 1. The summed E-state index contributed by atoms with van der Waals surface area (Å²) in [7, 11) is 0. The molecule has 0 bridgehead atoms. The Hall–Kier alpha value is -12.5. The van der Waals surface area contributed by atoms with E-state index in [0.717, 1.165) is 39.5 Å². The second-order valence-corrected chi connectivity index (χ2v) is 33.8. The van der Waals surface area contributed by atoms with E-state index in [1.165, 1.54) is 0 Å². The van der Waals surface area contributed by atoms with Crippen LogP contribution >= 0.6 is 0 Å². The van der Waals surface area contributed by atoms with Crippen LogP contribution in [0.25, 0.3) is 0 Å². The van der Waals surface area contributed by atoms with Crippen LogP contribution in [0.15, 0.2) is 0 Å². The summed E-state index contributed by atoms with van der Waals surface area (Å²) in [5, 5.41) is 119. The summed E-state index contributed by atoms with van der Waals surface area (Å²) < 4.78 is 0. The molecule has 0 radical (unpaired) electrons. The Morgan fingerprint density at radius 1 is 0.336 bits per heavy atom. The molecular formula is C84H144N22O31. The van der Waals surface area contributed by atoms with Gasteiger partial charge in [-0.15, -0.1) is 0 Å². The first kappa shape index (κ1) is 123. The molecule has 1 fully saturated rings. The van der Waals surface area contributed by atoms with Gasteiger partial charge in [0.15, 0.2) is 0 Å². The van der Waals surface area contributed by atoms with E-state index in [1.807, 2.05) is 0 Å². The van der Waals surface area contributed by atoms with Gasteiger partial charge in [0.1, 0.15) is 96.7 Å². The fraction of sp³-hybridized carbons (Fsp3) is 0.726. The second kappa shape index (κ2) is 63.8. The highest BCUT2D eigenvalue weighted by Gasteiger charge is 2.44. The van der Waals surface area contributed by atoms with E-state index in [-0.39, 0.29) is 96.8 Å². The quantitative estimate of drug-likeness (QED) is 0.0251. The maximum absolute atomic E-state index is 14.8. The number of carboxylic acids is 5. The third kappa shape index (κ3) is 44.9. The van der Waals surface area contributed by atoms with Crippen LogP contribution < -0.4 is 113 Å². The lowest BCUT2D eigenvalue weighted by Crippen LogP contribution is -2.62. The number of aliphatic hydroxyl groups excluding tert-OH is 3. The molecule has 1 rings (SSSR count). The molecule has 53 nitrogen and oxygen atoms in total. The average Bonchev–Trinajstić information content (AvgIpc) is 1.72. The zero-order valence-electron chi connectivity index (χ0n) is 79.2. The first-order valence-corrected chi connectivity index (χ1v) is 45.6. The number of carbonyl (C=O) groups is 23. The van der Waals surface area contributed by atoms with E-state index in [1.54, 1.807) is 41.5 Å². The summed E-state index contributed by atoms with van der Waals surface area (Å²) in [4.78, 5) is 307. The highest BCUT2D eigenvalue weighted by molar-refractivity contribution is 6.02. The lowest BCUT2D eigenvalue weighted by Gasteiger charge is -2.34. The summed E-state index contributed by atoms with van der Waals surface area (Å²) in [6, 6.07) is -27.1. The lowest BCUT2D eigenvalue weighted by atomic mass is 9.93. The van der Waals surface area contributed by atoms with E-state index in [0.29, 0.717) is 25.7 Å². The van der Waals surface area contributed by atoms with Gasteiger partial charge < -0.3 is 159 Å². The number of hydrogen-bond donors (Lipinski definition) is 29. The second-order valence-electron chi connectivity index (χ2n) is 33.8. The molecule has 776 valence electrons. The van der Waals surface area contributed by atoms with Crippen molar-refractivity contribution in [3.8, 4) is 0 Å². The number of aliphatic carboxylic acids is 5. The van der Waals surface area contributed by atoms with Crippen molar-refractivity contribution in [3.63, 3.8) is 0 Å². The molecule has 0 unspecified atom stereocenters. The standard InChI is InChI=1S/C84H144N22O31/c1-12-40(4)63(101-58(111)38-89-57(110)37-90-68(120)43(7)92-81(133)66(46(10)108)104-75(127)50(23-16-19-33-86)95-69(121)44(8)91-72(124)51(27-30-60(114)115)97-77(129)55(39-107)100-71(123)48(88)26-29-59(112)113)79(131)102-64(41(5)13-2)80(132)103-65(42(6)14-3)83(135)106-35-21-25-56(106)78(130)99-54(36-62(118)119)76(128)105-67(47(11)109)82(134)93-45(9)70(122)94-49(22-15-18-32-85)73(125)96-52(28-31-61(116)117)74(126)98-53(84(136)137)24-17-20-34-87/h40-56,63-67,107-109H,12-39,85-88H2,1-11H3,(H,89,110)(H,90,120)(H,91,124)(H,92,133)(H,93,134)(H,94,122)(H,95,121)(H,96,125)(H,97,129)(H,98,126)(H,99,130)(H,100,123)(H,101,111)(H,102,131)(H,103,132)(H,104,127)(H,105,128)(H,112,113)(H,114,115)(H,116,117)(H,118,119)(H,136,137)/t40-,41-,42-,43-,44-,45-,46+,47+,48-,49-,50-,51-,52-,53-,54-,55-,56-,63-,64-,65-,66-,67-/m0/s1. The van der Waals surface area contributed by atoms with Crippen LogP contribution in [-0.4, -0.2) is 343 Å². The van der Waals surface area contributed by atoms with Crippen molar-refractivity contribution in [2.24, 2.45) is 40.7 Å². The van der Waals surface area contributed by atoms with Crippen molar-refractivity contribution in [1.82, 2.24) is 95.3 Å². The minimum atomic E-state index is -2.01. The number of likely N-dealkylation sites (tertiary alicyclic amines) is 1. The van der Waals surface area contributed by atoms with Gasteiger partial charge in [0, 0.05) is 25.8 Å². The Morgan fingerprint density at radius 3 is 1.09 bits per heavy atom. The minimum Gasteiger partial charge on any atom is -0.481 e. The number of rotatable bonds is 68. The maximum Gasteiger partial charge on any atom is 0.326 e. The van der Waals surface area contributed by atoms with E-state index in [9.17, 15) is 146 Å². The van der Waals surface area contributed by atoms with Gasteiger partial charge in [-0.3, -0.25) is 105 Å². The van der Waals surface area contributed by atoms with Crippen LogP contribution in [0, 0.1) is 17.8 Å². The fourth-order valence-corrected chi connectivity index (χ4v) is 13.6. The summed E-state index contributed by atoms with van der Waals surface area (Å²) in [6.45, 7) is 13.3. The summed E-state index contributed by atoms with van der Waals surface area (Å²) in [6.07, 6.45) is -5.69. The van der Waals surface area contributed by atoms with Gasteiger partial charge in [0.25, 0.3) is 0 Å². The van der Waals surface area contributed by atoms with Crippen molar-refractivity contribution in [3.05, 3.63) is 0 Å². The van der Waals surface area contributed by atoms with Crippen LogP contribution in [0.2, 0.25) is 0 Å². The molecule has 0 spiro atoms. The first-order chi connectivity index (χ1) is 64.3. The third-order valence-electron chi connectivity index (χ3n) is 22.6. The highest BCUT2D eigenvalue weighted by atomic mass is 16.4. The van der Waals surface area contributed by atoms with Gasteiger partial charge in [-0.1, -0.05) is 60.8 Å². The van der Waals surface area contributed by atoms with Crippen molar-refractivity contribution < 1.29 is 151 Å². The molecule has 18 amide bonds. The number of hydrogen-bond acceptors (Lipinski definition) is 30. The molecule has 22 atom stereocenters. The van der Waals surface area contributed by atoms with Gasteiger partial charge >= 0.3 is 29.8 Å². The van der Waals surface area contributed by atoms with Crippen molar-refractivity contribution in [2.75, 3.05) is 45.9 Å². The summed E-state index contributed by atoms with van der Waals surface area (Å²) in [5.74, 6) is -28.0. The van der Waals surface area contributed by atoms with Crippen LogP contribution in [0.5, 0.6) is 0 Å². The molecule has 53 heteroatoms. The minimum absolute atomic E-state index is 0.0529. The Labute approximate surface area is 792 Å². The topological polar surface area (TPSA) is 866 Å². The highest BCUT2D eigenvalue weighted by Crippen LogP contribution is 2.24. The fourth-order valence-electron chi connectivity index (χ4n) is 13.6. The number of carboxylic acid groups (broad SMARTS) is 5. The number of unbranched alkanes of at least 4 members (excludes halogenated alkanes) is 3. The SMILES string of the molecule is CC[C@H](C)[C@H](NC(=O)CNC(=O)CNC(=O)[C@H](C)NC(=O)[C@@H](NC(=O)[C@H](CCCCN)NC(=O)[C@H](C)NC(=O)[C@H](CCC(=O)O)NC(=O)[C@H](CO)NC(=O)[C@@H](N)CCC(=O)O)[C@@H](C)O)C(=O)N[C@H](C(=O)N[C@H](C(=O)N1CCC[C@H]1C(=O)N[C@@H](CC(=O)O)C(=O)N[C@H](C(=O)N[C@@H](C)C(=O)N[C@@H](CCCCN)C(=O)N[C@@H](CCC(=O)O)C(=O)N[C@@H](CCCCN)C(=O)O)[C@@H](C)O)[C@@H](C)CC)[C@@H](C)CC. The molecule has 0 saturated carbocycles. The number of nitrogens with one attached hydrogen (secondary N) is 17. The van der Waals surface area contributed by atoms with Crippen LogP contribution in [0.4, 0.5) is 0 Å². The Morgan fingerprint density at radius 2 is 0.672 bits per heavy atom. The van der Waals surface area contributed by atoms with E-state index < -0.39 is 327 Å². The lowest BCUT2D eigenvalue weighted by molar-refractivity contribution is -0.145. The Bertz CT molecular complexity index is 4110. The molecule has 33 N–H and O–H groups in total. The molecular weight excluding hydrogens is 1810 g/mol. The molecule has 0 aromatic carbocycles. The molecule has 137 heavy (non-hydrogen) atoms. The average molecular weight is 1960 g/mol. The molecule has 0 aliphatic carbocycles. The predicted molar refractivity (Wildman–Crippen MR) is 483 cm³/mol. The molecule has 0 aromatic heterocycles.